The fourth-order valence-corrected chi connectivity index (χ4v) is 2.54. The van der Waals surface area contributed by atoms with E-state index in [1.54, 1.807) is 11.3 Å². The van der Waals surface area contributed by atoms with Crippen LogP contribution in [0.3, 0.4) is 0 Å². The van der Waals surface area contributed by atoms with Gasteiger partial charge in [0.25, 0.3) is 0 Å². The second-order valence-electron chi connectivity index (χ2n) is 3.42. The molecule has 1 aromatic heterocycles. The van der Waals surface area contributed by atoms with Crippen molar-refractivity contribution >= 4 is 26.7 Å². The van der Waals surface area contributed by atoms with Gasteiger partial charge in [0.1, 0.15) is 0 Å². The van der Waals surface area contributed by atoms with Crippen molar-refractivity contribution in [3.05, 3.63) is 36.9 Å². The highest BCUT2D eigenvalue weighted by atomic mass is 32.1. The summed E-state index contributed by atoms with van der Waals surface area (Å²) in [6.45, 7) is 5.14. The molecule has 0 amide bonds. The van der Waals surface area contributed by atoms with Gasteiger partial charge in [-0.25, -0.2) is 4.98 Å². The fraction of sp³-hybridized carbons (Fsp3) is 0.250. The summed E-state index contributed by atoms with van der Waals surface area (Å²) in [4.78, 5) is 6.56. The summed E-state index contributed by atoms with van der Waals surface area (Å²) >= 11 is 1.64. The summed E-state index contributed by atoms with van der Waals surface area (Å²) in [7, 11) is 0. The molecule has 0 spiro atoms. The number of nitrogens with zero attached hydrogens (tertiary/aromatic N) is 2. The zero-order chi connectivity index (χ0) is 11.4. The van der Waals surface area contributed by atoms with Crippen molar-refractivity contribution in [1.82, 2.24) is 4.98 Å². The molecule has 0 bridgehead atoms. The Morgan fingerprint density at radius 1 is 1.44 bits per heavy atom. The molecule has 0 aliphatic rings. The number of aliphatic hydroxyl groups is 1. The van der Waals surface area contributed by atoms with Crippen molar-refractivity contribution in [2.45, 2.75) is 0 Å². The van der Waals surface area contributed by atoms with E-state index in [1.807, 2.05) is 29.2 Å². The molecule has 1 aromatic carbocycles. The highest BCUT2D eigenvalue weighted by Gasteiger charge is 2.09. The maximum absolute atomic E-state index is 9.00. The van der Waals surface area contributed by atoms with Gasteiger partial charge in [-0.2, -0.15) is 0 Å². The van der Waals surface area contributed by atoms with Gasteiger partial charge in [0.15, 0.2) is 5.13 Å². The zero-order valence-corrected chi connectivity index (χ0v) is 9.78. The molecule has 3 nitrogen and oxygen atoms in total. The maximum atomic E-state index is 9.00. The number of para-hydroxylation sites is 1. The summed E-state index contributed by atoms with van der Waals surface area (Å²) in [6.07, 6.45) is 1.82. The van der Waals surface area contributed by atoms with Gasteiger partial charge in [0.05, 0.1) is 16.8 Å². The number of aromatic nitrogens is 1. The van der Waals surface area contributed by atoms with E-state index in [0.717, 1.165) is 10.6 Å². The van der Waals surface area contributed by atoms with Gasteiger partial charge in [0.2, 0.25) is 0 Å². The molecule has 16 heavy (non-hydrogen) atoms. The van der Waals surface area contributed by atoms with E-state index in [0.29, 0.717) is 13.1 Å². The van der Waals surface area contributed by atoms with Crippen molar-refractivity contribution in [1.29, 1.82) is 0 Å². The van der Waals surface area contributed by atoms with E-state index in [1.165, 1.54) is 4.70 Å². The van der Waals surface area contributed by atoms with Crippen LogP contribution in [0.2, 0.25) is 0 Å². The highest BCUT2D eigenvalue weighted by Crippen LogP contribution is 2.28. The molecule has 0 aliphatic carbocycles. The standard InChI is InChI=1S/C12H14N2OS/c1-2-7-14(8-9-15)12-13-10-5-3-4-6-11(10)16-12/h2-6,15H,1,7-9H2. The van der Waals surface area contributed by atoms with Crippen LogP contribution in [0.5, 0.6) is 0 Å². The molecule has 4 heteroatoms. The number of thiazole rings is 1. The van der Waals surface area contributed by atoms with Crippen molar-refractivity contribution in [3.8, 4) is 0 Å². The van der Waals surface area contributed by atoms with Gasteiger partial charge in [-0.15, -0.1) is 6.58 Å². The summed E-state index contributed by atoms with van der Waals surface area (Å²) < 4.78 is 1.17. The minimum atomic E-state index is 0.129. The minimum absolute atomic E-state index is 0.129. The van der Waals surface area contributed by atoms with Crippen molar-refractivity contribution in [2.24, 2.45) is 0 Å². The Kier molecular flexibility index (Phi) is 3.54. The van der Waals surface area contributed by atoms with Crippen molar-refractivity contribution in [2.75, 3.05) is 24.6 Å². The molecule has 84 valence electrons. The molecule has 1 N–H and O–H groups in total. The highest BCUT2D eigenvalue weighted by molar-refractivity contribution is 7.22. The molecule has 2 rings (SSSR count). The first-order valence-electron chi connectivity index (χ1n) is 5.17. The van der Waals surface area contributed by atoms with Gasteiger partial charge in [-0.05, 0) is 12.1 Å². The molecule has 0 fully saturated rings. The van der Waals surface area contributed by atoms with E-state index in [2.05, 4.69) is 17.6 Å². The lowest BCUT2D eigenvalue weighted by atomic mass is 10.3. The average Bonchev–Trinajstić information content (AvgIpc) is 2.72. The van der Waals surface area contributed by atoms with E-state index in [4.69, 9.17) is 5.11 Å². The topological polar surface area (TPSA) is 36.4 Å². The van der Waals surface area contributed by atoms with E-state index >= 15 is 0 Å². The molecular formula is C12H14N2OS. The van der Waals surface area contributed by atoms with Gasteiger partial charge in [-0.1, -0.05) is 29.5 Å². The Morgan fingerprint density at radius 2 is 2.25 bits per heavy atom. The van der Waals surface area contributed by atoms with Crippen LogP contribution in [-0.2, 0) is 0 Å². The maximum Gasteiger partial charge on any atom is 0.186 e. The van der Waals surface area contributed by atoms with E-state index in [9.17, 15) is 0 Å². The molecule has 0 saturated heterocycles. The largest absolute Gasteiger partial charge is 0.395 e. The SMILES string of the molecule is C=CCN(CCO)c1nc2ccccc2s1. The molecule has 0 unspecified atom stereocenters. The number of rotatable bonds is 5. The average molecular weight is 234 g/mol. The smallest absolute Gasteiger partial charge is 0.186 e. The first-order chi connectivity index (χ1) is 7.85. The third-order valence-corrected chi connectivity index (χ3v) is 3.37. The Hall–Kier alpha value is -1.39. The quantitative estimate of drug-likeness (QED) is 0.806. The Balaban J connectivity index is 2.32. The van der Waals surface area contributed by atoms with Gasteiger partial charge in [0, 0.05) is 13.1 Å². The number of anilines is 1. The second-order valence-corrected chi connectivity index (χ2v) is 4.43. The Bertz CT molecular complexity index is 448. The van der Waals surface area contributed by atoms with Crippen LogP contribution < -0.4 is 4.90 Å². The number of benzene rings is 1. The Labute approximate surface area is 98.7 Å². The van der Waals surface area contributed by atoms with E-state index in [-0.39, 0.29) is 6.61 Å². The summed E-state index contributed by atoms with van der Waals surface area (Å²) in [5.41, 5.74) is 1.01. The monoisotopic (exact) mass is 234 g/mol. The van der Waals surface area contributed by atoms with Crippen molar-refractivity contribution < 1.29 is 5.11 Å². The van der Waals surface area contributed by atoms with Crippen LogP contribution in [0, 0.1) is 0 Å². The van der Waals surface area contributed by atoms with Crippen LogP contribution in [0.15, 0.2) is 36.9 Å². The van der Waals surface area contributed by atoms with Crippen LogP contribution >= 0.6 is 11.3 Å². The number of hydrogen-bond acceptors (Lipinski definition) is 4. The summed E-state index contributed by atoms with van der Waals surface area (Å²) in [5.74, 6) is 0. The second kappa shape index (κ2) is 5.09. The van der Waals surface area contributed by atoms with Crippen LogP contribution in [0.25, 0.3) is 10.2 Å². The molecule has 0 saturated carbocycles. The summed E-state index contributed by atoms with van der Waals surface area (Å²) in [5, 5.41) is 9.94. The molecule has 2 aromatic rings. The molecule has 0 atom stereocenters. The minimum Gasteiger partial charge on any atom is -0.395 e. The predicted molar refractivity (Wildman–Crippen MR) is 69.1 cm³/mol. The predicted octanol–water partition coefficient (Wildman–Crippen LogP) is 2.28. The van der Waals surface area contributed by atoms with Crippen LogP contribution in [0.1, 0.15) is 0 Å². The third-order valence-electron chi connectivity index (χ3n) is 2.27. The molecule has 0 radical (unpaired) electrons. The van der Waals surface area contributed by atoms with E-state index < -0.39 is 0 Å². The third kappa shape index (κ3) is 2.23. The number of fused-ring (bicyclic) bond motifs is 1. The first kappa shape index (κ1) is 11.1. The van der Waals surface area contributed by atoms with Gasteiger partial charge >= 0.3 is 0 Å². The lowest BCUT2D eigenvalue weighted by molar-refractivity contribution is 0.303. The zero-order valence-electron chi connectivity index (χ0n) is 8.97. The summed E-state index contributed by atoms with van der Waals surface area (Å²) in [6, 6.07) is 8.05. The normalized spacial score (nSPS) is 10.6. The number of aliphatic hydroxyl groups excluding tert-OH is 1. The van der Waals surface area contributed by atoms with Crippen LogP contribution in [0.4, 0.5) is 5.13 Å². The lowest BCUT2D eigenvalue weighted by Crippen LogP contribution is -2.26. The number of hydrogen-bond donors (Lipinski definition) is 1. The first-order valence-corrected chi connectivity index (χ1v) is 5.99. The lowest BCUT2D eigenvalue weighted by Gasteiger charge is -2.17. The molecule has 0 aliphatic heterocycles. The molecule has 1 heterocycles. The van der Waals surface area contributed by atoms with Gasteiger partial charge in [-0.3, -0.25) is 0 Å². The fourth-order valence-electron chi connectivity index (χ4n) is 1.54. The molecular weight excluding hydrogens is 220 g/mol. The van der Waals surface area contributed by atoms with Gasteiger partial charge < -0.3 is 10.0 Å². The van der Waals surface area contributed by atoms with Crippen molar-refractivity contribution in [3.63, 3.8) is 0 Å². The van der Waals surface area contributed by atoms with Crippen LogP contribution in [-0.4, -0.2) is 29.8 Å². The Morgan fingerprint density at radius 3 is 2.94 bits per heavy atom.